The molecule has 3 unspecified atom stereocenters. The summed E-state index contributed by atoms with van der Waals surface area (Å²) in [5, 5.41) is 29.8. The quantitative estimate of drug-likeness (QED) is 0.697. The van der Waals surface area contributed by atoms with Crippen LogP contribution >= 0.6 is 0 Å². The number of carboxylic acid groups (broad SMARTS) is 1. The van der Waals surface area contributed by atoms with E-state index in [1.807, 2.05) is 0 Å². The number of aromatic hydroxyl groups is 1. The molecule has 3 atom stereocenters. The van der Waals surface area contributed by atoms with Crippen LogP contribution in [-0.4, -0.2) is 27.4 Å². The van der Waals surface area contributed by atoms with E-state index in [1.54, 1.807) is 0 Å². The fourth-order valence-electron chi connectivity index (χ4n) is 5.39. The van der Waals surface area contributed by atoms with Crippen molar-refractivity contribution in [2.45, 2.75) is 65.9 Å². The highest BCUT2D eigenvalue weighted by molar-refractivity contribution is 5.84. The summed E-state index contributed by atoms with van der Waals surface area (Å²) in [6, 6.07) is 0.992. The Hall–Kier alpha value is -2.08. The molecule has 0 aromatic carbocycles. The molecule has 0 spiro atoms. The molecule has 1 saturated carbocycles. The van der Waals surface area contributed by atoms with Crippen molar-refractivity contribution in [2.75, 3.05) is 0 Å². The van der Waals surface area contributed by atoms with Crippen molar-refractivity contribution in [1.29, 1.82) is 0 Å². The van der Waals surface area contributed by atoms with E-state index in [9.17, 15) is 19.8 Å². The fraction of sp³-hybridized carbons (Fsp3) is 0.619. The predicted octanol–water partition coefficient (Wildman–Crippen LogP) is 3.50. The van der Waals surface area contributed by atoms with Crippen molar-refractivity contribution >= 4 is 5.97 Å². The molecule has 0 bridgehead atoms. The van der Waals surface area contributed by atoms with Gasteiger partial charge in [0.1, 0.15) is 5.75 Å². The fourth-order valence-corrected chi connectivity index (χ4v) is 5.39. The van der Waals surface area contributed by atoms with Crippen LogP contribution < -0.4 is 5.63 Å². The minimum Gasteiger partial charge on any atom is -0.507 e. The molecular formula is C21H28O6. The summed E-state index contributed by atoms with van der Waals surface area (Å²) in [7, 11) is 0. The standard InChI is InChI=1S/C21H28O6/c1-11-5-6-16-20(2,3)17(23)7-8-21(16,4)13(11)9-12-14(22)10-15(18(24)25)27-19(12)26/h10,16-17,22-23H,5-9H2,1-4H3,(H,24,25). The van der Waals surface area contributed by atoms with Crippen molar-refractivity contribution in [3.05, 3.63) is 39.0 Å². The Labute approximate surface area is 158 Å². The number of hydrogen-bond donors (Lipinski definition) is 3. The molecule has 0 saturated heterocycles. The average molecular weight is 376 g/mol. The molecule has 0 radical (unpaired) electrons. The molecule has 3 rings (SSSR count). The lowest BCUT2D eigenvalue weighted by atomic mass is 9.49. The van der Waals surface area contributed by atoms with Gasteiger partial charge in [-0.25, -0.2) is 9.59 Å². The van der Waals surface area contributed by atoms with Gasteiger partial charge < -0.3 is 19.7 Å². The van der Waals surface area contributed by atoms with Gasteiger partial charge in [-0.15, -0.1) is 0 Å². The number of rotatable bonds is 3. The Morgan fingerprint density at radius 3 is 2.56 bits per heavy atom. The minimum absolute atomic E-state index is 0.0974. The Bertz CT molecular complexity index is 862. The molecule has 6 heteroatoms. The van der Waals surface area contributed by atoms with Gasteiger partial charge in [0, 0.05) is 12.5 Å². The Balaban J connectivity index is 2.04. The molecule has 27 heavy (non-hydrogen) atoms. The lowest BCUT2D eigenvalue weighted by molar-refractivity contribution is -0.0890. The Morgan fingerprint density at radius 2 is 1.96 bits per heavy atom. The molecular weight excluding hydrogens is 348 g/mol. The summed E-state index contributed by atoms with van der Waals surface area (Å²) >= 11 is 0. The van der Waals surface area contributed by atoms with Gasteiger partial charge >= 0.3 is 11.6 Å². The van der Waals surface area contributed by atoms with Crippen LogP contribution in [-0.2, 0) is 6.42 Å². The maximum atomic E-state index is 12.3. The van der Waals surface area contributed by atoms with Crippen molar-refractivity contribution < 1.29 is 24.5 Å². The smallest absolute Gasteiger partial charge is 0.372 e. The van der Waals surface area contributed by atoms with Crippen LogP contribution in [0.4, 0.5) is 0 Å². The molecule has 3 N–H and O–H groups in total. The maximum absolute atomic E-state index is 12.3. The molecule has 0 amide bonds. The summed E-state index contributed by atoms with van der Waals surface area (Å²) < 4.78 is 4.88. The molecule has 2 aliphatic rings. The number of fused-ring (bicyclic) bond motifs is 1. The van der Waals surface area contributed by atoms with Crippen molar-refractivity contribution in [2.24, 2.45) is 16.7 Å². The summed E-state index contributed by atoms with van der Waals surface area (Å²) in [5.41, 5.74) is 1.16. The first kappa shape index (κ1) is 19.7. The largest absolute Gasteiger partial charge is 0.507 e. The number of carboxylic acids is 1. The average Bonchev–Trinajstić information content (AvgIpc) is 2.56. The number of aromatic carboxylic acids is 1. The van der Waals surface area contributed by atoms with Gasteiger partial charge in [-0.1, -0.05) is 31.9 Å². The number of aliphatic hydroxyl groups excluding tert-OH is 1. The molecule has 0 aliphatic heterocycles. The zero-order valence-corrected chi connectivity index (χ0v) is 16.3. The van der Waals surface area contributed by atoms with Gasteiger partial charge in [-0.3, -0.25) is 0 Å². The highest BCUT2D eigenvalue weighted by Crippen LogP contribution is 2.60. The normalized spacial score (nSPS) is 30.1. The first-order chi connectivity index (χ1) is 12.5. The van der Waals surface area contributed by atoms with Crippen LogP contribution in [0.5, 0.6) is 5.75 Å². The van der Waals surface area contributed by atoms with E-state index in [2.05, 4.69) is 27.7 Å². The van der Waals surface area contributed by atoms with Gasteiger partial charge in [-0.05, 0) is 49.4 Å². The van der Waals surface area contributed by atoms with Gasteiger partial charge in [0.25, 0.3) is 0 Å². The van der Waals surface area contributed by atoms with E-state index in [0.29, 0.717) is 6.42 Å². The van der Waals surface area contributed by atoms with Crippen molar-refractivity contribution in [3.8, 4) is 5.75 Å². The molecule has 6 nitrogen and oxygen atoms in total. The number of hydrogen-bond acceptors (Lipinski definition) is 5. The SMILES string of the molecule is CC1=C(Cc2c(O)cc(C(=O)O)oc2=O)C2(C)CCC(O)C(C)(C)C2CC1. The third-order valence-electron chi connectivity index (χ3n) is 7.07. The van der Waals surface area contributed by atoms with Gasteiger partial charge in [-0.2, -0.15) is 0 Å². The summed E-state index contributed by atoms with van der Waals surface area (Å²) in [5.74, 6) is -2.04. The summed E-state index contributed by atoms with van der Waals surface area (Å²) in [6.07, 6.45) is 3.24. The lowest BCUT2D eigenvalue weighted by Crippen LogP contribution is -2.52. The number of carbonyl (C=O) groups is 1. The lowest BCUT2D eigenvalue weighted by Gasteiger charge is -2.57. The molecule has 1 fully saturated rings. The van der Waals surface area contributed by atoms with Crippen LogP contribution in [0.25, 0.3) is 0 Å². The van der Waals surface area contributed by atoms with Crippen LogP contribution in [0.3, 0.4) is 0 Å². The van der Waals surface area contributed by atoms with Crippen LogP contribution in [0.2, 0.25) is 0 Å². The van der Waals surface area contributed by atoms with E-state index in [1.165, 1.54) is 5.57 Å². The molecule has 148 valence electrons. The topological polar surface area (TPSA) is 108 Å². The number of allylic oxidation sites excluding steroid dienone is 2. The van der Waals surface area contributed by atoms with Crippen molar-refractivity contribution in [1.82, 2.24) is 0 Å². The second kappa shape index (κ2) is 6.51. The van der Waals surface area contributed by atoms with E-state index in [0.717, 1.165) is 30.9 Å². The first-order valence-corrected chi connectivity index (χ1v) is 9.45. The van der Waals surface area contributed by atoms with E-state index in [4.69, 9.17) is 9.52 Å². The third kappa shape index (κ3) is 3.10. The maximum Gasteiger partial charge on any atom is 0.372 e. The van der Waals surface area contributed by atoms with Gasteiger partial charge in [0.2, 0.25) is 5.76 Å². The van der Waals surface area contributed by atoms with E-state index >= 15 is 0 Å². The van der Waals surface area contributed by atoms with Gasteiger partial charge in [0.05, 0.1) is 11.7 Å². The summed E-state index contributed by atoms with van der Waals surface area (Å²) in [4.78, 5) is 23.4. The third-order valence-corrected chi connectivity index (χ3v) is 7.07. The molecule has 1 aromatic rings. The molecule has 2 aliphatic carbocycles. The van der Waals surface area contributed by atoms with E-state index in [-0.39, 0.29) is 40.6 Å². The zero-order valence-electron chi connectivity index (χ0n) is 16.3. The first-order valence-electron chi connectivity index (χ1n) is 9.45. The van der Waals surface area contributed by atoms with Crippen molar-refractivity contribution in [3.63, 3.8) is 0 Å². The summed E-state index contributed by atoms with van der Waals surface area (Å²) in [6.45, 7) is 8.45. The second-order valence-corrected chi connectivity index (χ2v) is 8.89. The molecule has 1 aromatic heterocycles. The van der Waals surface area contributed by atoms with Gasteiger partial charge in [0.15, 0.2) is 0 Å². The van der Waals surface area contributed by atoms with Crippen LogP contribution in [0.1, 0.15) is 69.5 Å². The Kier molecular flexibility index (Phi) is 4.75. The highest BCUT2D eigenvalue weighted by Gasteiger charge is 2.53. The Morgan fingerprint density at radius 1 is 1.30 bits per heavy atom. The van der Waals surface area contributed by atoms with E-state index < -0.39 is 17.4 Å². The monoisotopic (exact) mass is 376 g/mol. The molecule has 1 heterocycles. The zero-order chi connectivity index (χ0) is 20.1. The number of aliphatic hydroxyl groups is 1. The van der Waals surface area contributed by atoms with Crippen LogP contribution in [0, 0.1) is 16.7 Å². The minimum atomic E-state index is -1.39. The second-order valence-electron chi connectivity index (χ2n) is 8.89. The van der Waals surface area contributed by atoms with Crippen LogP contribution in [0.15, 0.2) is 26.4 Å². The highest BCUT2D eigenvalue weighted by atomic mass is 16.4. The predicted molar refractivity (Wildman–Crippen MR) is 99.9 cm³/mol.